The summed E-state index contributed by atoms with van der Waals surface area (Å²) in [6, 6.07) is 22.5. The predicted molar refractivity (Wildman–Crippen MR) is 128 cm³/mol. The lowest BCUT2D eigenvalue weighted by Gasteiger charge is -2.24. The normalized spacial score (nSPS) is 11.0. The molecule has 0 atom stereocenters. The summed E-state index contributed by atoms with van der Waals surface area (Å²) in [5, 5.41) is 2.83. The number of nitrogens with zero attached hydrogens (tertiary/aromatic N) is 1. The first-order chi connectivity index (χ1) is 15.9. The van der Waals surface area contributed by atoms with Gasteiger partial charge < -0.3 is 14.8 Å². The summed E-state index contributed by atoms with van der Waals surface area (Å²) >= 11 is 0. The van der Waals surface area contributed by atoms with Crippen LogP contribution in [0.2, 0.25) is 0 Å². The first kappa shape index (κ1) is 24.1. The Morgan fingerprint density at radius 3 is 2.24 bits per heavy atom. The number of carbonyl (C=O) groups excluding carboxylic acids is 1. The SMILES string of the molecule is COc1ccc(CCCNC(=O)CN(c2cccc(OC)c2)S(=O)(=O)c2ccccc2)cc1. The van der Waals surface area contributed by atoms with Crippen LogP contribution in [0.25, 0.3) is 0 Å². The molecule has 33 heavy (non-hydrogen) atoms. The number of methoxy groups -OCH3 is 2. The highest BCUT2D eigenvalue weighted by Crippen LogP contribution is 2.26. The molecule has 8 heteroatoms. The van der Waals surface area contributed by atoms with Crippen LogP contribution in [0.5, 0.6) is 11.5 Å². The molecule has 0 bridgehead atoms. The van der Waals surface area contributed by atoms with Crippen LogP contribution in [0.4, 0.5) is 5.69 Å². The van der Waals surface area contributed by atoms with Gasteiger partial charge in [0.2, 0.25) is 5.91 Å². The van der Waals surface area contributed by atoms with E-state index in [0.29, 0.717) is 18.0 Å². The van der Waals surface area contributed by atoms with Gasteiger partial charge in [0.1, 0.15) is 18.0 Å². The van der Waals surface area contributed by atoms with E-state index in [4.69, 9.17) is 9.47 Å². The van der Waals surface area contributed by atoms with Crippen molar-refractivity contribution >= 4 is 21.6 Å². The second-order valence-electron chi connectivity index (χ2n) is 7.33. The molecule has 0 radical (unpaired) electrons. The molecule has 0 aliphatic carbocycles. The minimum absolute atomic E-state index is 0.111. The van der Waals surface area contributed by atoms with Crippen LogP contribution in [-0.4, -0.2) is 41.6 Å². The van der Waals surface area contributed by atoms with Gasteiger partial charge in [0, 0.05) is 12.6 Å². The maximum absolute atomic E-state index is 13.3. The number of benzene rings is 3. The van der Waals surface area contributed by atoms with Crippen molar-refractivity contribution in [1.29, 1.82) is 0 Å². The zero-order valence-electron chi connectivity index (χ0n) is 18.7. The van der Waals surface area contributed by atoms with Crippen LogP contribution in [0.3, 0.4) is 0 Å². The largest absolute Gasteiger partial charge is 0.497 e. The Kier molecular flexibility index (Phi) is 8.32. The molecule has 0 spiro atoms. The maximum atomic E-state index is 13.3. The van der Waals surface area contributed by atoms with Crippen LogP contribution in [0, 0.1) is 0 Å². The molecule has 0 unspecified atom stereocenters. The molecule has 174 valence electrons. The summed E-state index contributed by atoms with van der Waals surface area (Å²) < 4.78 is 38.2. The number of hydrogen-bond acceptors (Lipinski definition) is 5. The number of ether oxygens (including phenoxy) is 2. The van der Waals surface area contributed by atoms with Gasteiger partial charge in [0.05, 0.1) is 24.8 Å². The van der Waals surface area contributed by atoms with Crippen molar-refractivity contribution < 1.29 is 22.7 Å². The Morgan fingerprint density at radius 2 is 1.58 bits per heavy atom. The molecule has 3 rings (SSSR count). The molecule has 0 aliphatic rings. The maximum Gasteiger partial charge on any atom is 0.264 e. The first-order valence-corrected chi connectivity index (χ1v) is 12.0. The van der Waals surface area contributed by atoms with E-state index in [1.807, 2.05) is 24.3 Å². The molecule has 7 nitrogen and oxygen atoms in total. The van der Waals surface area contributed by atoms with Crippen molar-refractivity contribution in [2.45, 2.75) is 17.7 Å². The molecule has 0 saturated heterocycles. The lowest BCUT2D eigenvalue weighted by atomic mass is 10.1. The predicted octanol–water partition coefficient (Wildman–Crippen LogP) is 3.65. The van der Waals surface area contributed by atoms with E-state index in [2.05, 4.69) is 5.32 Å². The third-order valence-electron chi connectivity index (χ3n) is 5.08. The number of sulfonamides is 1. The molecule has 0 saturated carbocycles. The van der Waals surface area contributed by atoms with Crippen molar-refractivity contribution in [2.75, 3.05) is 31.6 Å². The average Bonchev–Trinajstić information content (AvgIpc) is 2.86. The van der Waals surface area contributed by atoms with Gasteiger partial charge in [-0.2, -0.15) is 0 Å². The molecule has 0 fully saturated rings. The molecular formula is C25H28N2O5S. The quantitative estimate of drug-likeness (QED) is 0.434. The van der Waals surface area contributed by atoms with Gasteiger partial charge in [-0.25, -0.2) is 8.42 Å². The standard InChI is InChI=1S/C25H28N2O5S/c1-31-22-15-13-20(14-16-22)8-7-17-26-25(28)19-27(21-9-6-10-23(18-21)32-2)33(29,30)24-11-4-3-5-12-24/h3-6,9-16,18H,7-8,17,19H2,1-2H3,(H,26,28). The third-order valence-corrected chi connectivity index (χ3v) is 6.87. The van der Waals surface area contributed by atoms with Crippen molar-refractivity contribution in [3.8, 4) is 11.5 Å². The summed E-state index contributed by atoms with van der Waals surface area (Å²) in [5.41, 5.74) is 1.49. The van der Waals surface area contributed by atoms with Crippen molar-refractivity contribution in [3.63, 3.8) is 0 Å². The van der Waals surface area contributed by atoms with Crippen LogP contribution in [0.1, 0.15) is 12.0 Å². The van der Waals surface area contributed by atoms with E-state index in [1.165, 1.54) is 19.2 Å². The fourth-order valence-corrected chi connectivity index (χ4v) is 4.73. The smallest absolute Gasteiger partial charge is 0.264 e. The zero-order valence-corrected chi connectivity index (χ0v) is 19.5. The van der Waals surface area contributed by atoms with Gasteiger partial charge in [-0.05, 0) is 54.8 Å². The highest BCUT2D eigenvalue weighted by Gasteiger charge is 2.27. The van der Waals surface area contributed by atoms with E-state index in [1.54, 1.807) is 49.6 Å². The second kappa shape index (κ2) is 11.4. The molecule has 3 aromatic carbocycles. The molecule has 0 heterocycles. The molecule has 0 aromatic heterocycles. The van der Waals surface area contributed by atoms with E-state index >= 15 is 0 Å². The monoisotopic (exact) mass is 468 g/mol. The van der Waals surface area contributed by atoms with Crippen LogP contribution in [0.15, 0.2) is 83.8 Å². The van der Waals surface area contributed by atoms with Gasteiger partial charge >= 0.3 is 0 Å². The van der Waals surface area contributed by atoms with Crippen LogP contribution in [-0.2, 0) is 21.2 Å². The Balaban J connectivity index is 1.68. The fraction of sp³-hybridized carbons (Fsp3) is 0.240. The highest BCUT2D eigenvalue weighted by molar-refractivity contribution is 7.92. The Morgan fingerprint density at radius 1 is 0.879 bits per heavy atom. The Hall–Kier alpha value is -3.52. The summed E-state index contributed by atoms with van der Waals surface area (Å²) in [7, 11) is -0.822. The number of rotatable bonds is 11. The first-order valence-electron chi connectivity index (χ1n) is 10.6. The summed E-state index contributed by atoms with van der Waals surface area (Å²) in [5.74, 6) is 0.914. The van der Waals surface area contributed by atoms with E-state index in [0.717, 1.165) is 28.5 Å². The lowest BCUT2D eigenvalue weighted by molar-refractivity contribution is -0.119. The minimum atomic E-state index is -3.95. The summed E-state index contributed by atoms with van der Waals surface area (Å²) in [4.78, 5) is 12.8. The molecular weight excluding hydrogens is 440 g/mol. The van der Waals surface area contributed by atoms with Crippen LogP contribution < -0.4 is 19.1 Å². The number of anilines is 1. The molecule has 1 amide bonds. The number of nitrogens with one attached hydrogen (secondary N) is 1. The van der Waals surface area contributed by atoms with Gasteiger partial charge in [0.15, 0.2) is 0 Å². The fourth-order valence-electron chi connectivity index (χ4n) is 3.30. The van der Waals surface area contributed by atoms with Crippen molar-refractivity contribution in [2.24, 2.45) is 0 Å². The average molecular weight is 469 g/mol. The lowest BCUT2D eigenvalue weighted by Crippen LogP contribution is -2.41. The van der Waals surface area contributed by atoms with Crippen molar-refractivity contribution in [1.82, 2.24) is 5.32 Å². The molecule has 0 aliphatic heterocycles. The Labute approximate surface area is 195 Å². The topological polar surface area (TPSA) is 84.9 Å². The van der Waals surface area contributed by atoms with Crippen LogP contribution >= 0.6 is 0 Å². The highest BCUT2D eigenvalue weighted by atomic mass is 32.2. The number of carbonyl (C=O) groups is 1. The minimum Gasteiger partial charge on any atom is -0.497 e. The molecule has 1 N–H and O–H groups in total. The number of hydrogen-bond donors (Lipinski definition) is 1. The Bertz CT molecular complexity index is 1150. The van der Waals surface area contributed by atoms with Gasteiger partial charge in [-0.3, -0.25) is 9.10 Å². The van der Waals surface area contributed by atoms with E-state index in [-0.39, 0.29) is 17.3 Å². The second-order valence-corrected chi connectivity index (χ2v) is 9.19. The van der Waals surface area contributed by atoms with Gasteiger partial charge in [0.25, 0.3) is 10.0 Å². The molecule has 3 aromatic rings. The zero-order chi connectivity index (χ0) is 23.7. The number of amides is 1. The number of aryl methyl sites for hydroxylation is 1. The van der Waals surface area contributed by atoms with E-state index in [9.17, 15) is 13.2 Å². The third kappa shape index (κ3) is 6.49. The summed E-state index contributed by atoms with van der Waals surface area (Å²) in [6.07, 6.45) is 1.51. The van der Waals surface area contributed by atoms with E-state index < -0.39 is 10.0 Å². The van der Waals surface area contributed by atoms with Gasteiger partial charge in [-0.1, -0.05) is 36.4 Å². The summed E-state index contributed by atoms with van der Waals surface area (Å²) in [6.45, 7) is 0.0924. The van der Waals surface area contributed by atoms with Gasteiger partial charge in [-0.15, -0.1) is 0 Å². The van der Waals surface area contributed by atoms with Crippen molar-refractivity contribution in [3.05, 3.63) is 84.4 Å².